The average molecular weight is 313 g/mol. The highest BCUT2D eigenvalue weighted by molar-refractivity contribution is 6.05. The van der Waals surface area contributed by atoms with E-state index in [1.54, 1.807) is 30.2 Å². The summed E-state index contributed by atoms with van der Waals surface area (Å²) in [5.74, 6) is 0.0815. The standard InChI is InChI=1S/C15H19N7O/c1-4-10(5-2)22-9-6-11(19-22)15(23)18-13-12-14(21(3)20-13)17-8-7-16-12/h6-10H,4-5H2,1-3H3,(H,18,20,23). The van der Waals surface area contributed by atoms with Crippen LogP contribution in [0.15, 0.2) is 24.7 Å². The highest BCUT2D eigenvalue weighted by Gasteiger charge is 2.17. The van der Waals surface area contributed by atoms with Gasteiger partial charge in [0.1, 0.15) is 0 Å². The number of carbonyl (C=O) groups excluding carboxylic acids is 1. The summed E-state index contributed by atoms with van der Waals surface area (Å²) in [6.45, 7) is 4.21. The molecule has 0 fully saturated rings. The molecule has 3 aromatic heterocycles. The van der Waals surface area contributed by atoms with E-state index < -0.39 is 0 Å². The minimum Gasteiger partial charge on any atom is -0.302 e. The molecule has 23 heavy (non-hydrogen) atoms. The van der Waals surface area contributed by atoms with Crippen molar-refractivity contribution in [2.24, 2.45) is 7.05 Å². The SMILES string of the molecule is CCC(CC)n1ccc(C(=O)Nc2nn(C)c3nccnc23)n1. The van der Waals surface area contributed by atoms with Gasteiger partial charge in [0, 0.05) is 25.6 Å². The second kappa shape index (κ2) is 6.15. The molecular formula is C15H19N7O. The van der Waals surface area contributed by atoms with Gasteiger partial charge in [-0.1, -0.05) is 13.8 Å². The van der Waals surface area contributed by atoms with Crippen LogP contribution in [0.2, 0.25) is 0 Å². The lowest BCUT2D eigenvalue weighted by Crippen LogP contribution is -2.15. The highest BCUT2D eigenvalue weighted by atomic mass is 16.2. The van der Waals surface area contributed by atoms with Crippen LogP contribution in [0.3, 0.4) is 0 Å². The second-order valence-electron chi connectivity index (χ2n) is 5.31. The minimum atomic E-state index is -0.305. The molecule has 0 saturated carbocycles. The zero-order valence-electron chi connectivity index (χ0n) is 13.4. The van der Waals surface area contributed by atoms with Crippen LogP contribution in [0.25, 0.3) is 11.2 Å². The van der Waals surface area contributed by atoms with E-state index in [1.165, 1.54) is 0 Å². The molecule has 3 aromatic rings. The van der Waals surface area contributed by atoms with Crippen LogP contribution in [0.4, 0.5) is 5.82 Å². The predicted molar refractivity (Wildman–Crippen MR) is 86.1 cm³/mol. The molecule has 0 aliphatic heterocycles. The van der Waals surface area contributed by atoms with Crippen molar-refractivity contribution in [1.82, 2.24) is 29.5 Å². The van der Waals surface area contributed by atoms with Gasteiger partial charge in [0.2, 0.25) is 0 Å². The van der Waals surface area contributed by atoms with E-state index in [0.717, 1.165) is 12.8 Å². The first-order valence-corrected chi connectivity index (χ1v) is 7.64. The van der Waals surface area contributed by atoms with Crippen LogP contribution in [-0.4, -0.2) is 35.4 Å². The highest BCUT2D eigenvalue weighted by Crippen LogP contribution is 2.19. The zero-order valence-corrected chi connectivity index (χ0v) is 13.4. The van der Waals surface area contributed by atoms with E-state index in [2.05, 4.69) is 39.3 Å². The van der Waals surface area contributed by atoms with Crippen molar-refractivity contribution in [2.75, 3.05) is 5.32 Å². The molecule has 0 spiro atoms. The third kappa shape index (κ3) is 2.79. The molecule has 0 aromatic carbocycles. The lowest BCUT2D eigenvalue weighted by Gasteiger charge is -2.12. The van der Waals surface area contributed by atoms with Gasteiger partial charge in [-0.05, 0) is 18.9 Å². The van der Waals surface area contributed by atoms with Crippen LogP contribution in [0.1, 0.15) is 43.2 Å². The van der Waals surface area contributed by atoms with Gasteiger partial charge in [-0.25, -0.2) is 14.6 Å². The van der Waals surface area contributed by atoms with Gasteiger partial charge in [-0.15, -0.1) is 0 Å². The van der Waals surface area contributed by atoms with Crippen LogP contribution < -0.4 is 5.32 Å². The summed E-state index contributed by atoms with van der Waals surface area (Å²) < 4.78 is 3.42. The number of aryl methyl sites for hydroxylation is 1. The number of carbonyl (C=O) groups is 1. The summed E-state index contributed by atoms with van der Waals surface area (Å²) in [6.07, 6.45) is 6.94. The molecule has 3 heterocycles. The molecule has 1 amide bonds. The number of hydrogen-bond acceptors (Lipinski definition) is 5. The van der Waals surface area contributed by atoms with Crippen molar-refractivity contribution in [1.29, 1.82) is 0 Å². The fourth-order valence-electron chi connectivity index (χ4n) is 2.56. The zero-order chi connectivity index (χ0) is 16.4. The van der Waals surface area contributed by atoms with Crippen molar-refractivity contribution in [3.05, 3.63) is 30.4 Å². The topological polar surface area (TPSA) is 90.5 Å². The molecule has 3 rings (SSSR count). The molecule has 0 radical (unpaired) electrons. The Bertz CT molecular complexity index is 831. The maximum Gasteiger partial charge on any atom is 0.277 e. The molecule has 0 aliphatic carbocycles. The van der Waals surface area contributed by atoms with Crippen molar-refractivity contribution in [2.45, 2.75) is 32.7 Å². The molecule has 0 bridgehead atoms. The molecular weight excluding hydrogens is 294 g/mol. The normalized spacial score (nSPS) is 11.3. The molecule has 8 nitrogen and oxygen atoms in total. The summed E-state index contributed by atoms with van der Waals surface area (Å²) in [7, 11) is 1.76. The Balaban J connectivity index is 1.84. The number of rotatable bonds is 5. The molecule has 0 atom stereocenters. The first kappa shape index (κ1) is 15.1. The molecule has 0 unspecified atom stereocenters. The maximum absolute atomic E-state index is 12.4. The quantitative estimate of drug-likeness (QED) is 0.779. The molecule has 0 aliphatic rings. The number of nitrogens with zero attached hydrogens (tertiary/aromatic N) is 6. The van der Waals surface area contributed by atoms with E-state index in [1.807, 2.05) is 10.9 Å². The minimum absolute atomic E-state index is 0.304. The second-order valence-corrected chi connectivity index (χ2v) is 5.31. The van der Waals surface area contributed by atoms with Gasteiger partial charge in [0.15, 0.2) is 22.7 Å². The van der Waals surface area contributed by atoms with Gasteiger partial charge in [-0.2, -0.15) is 10.2 Å². The monoisotopic (exact) mass is 313 g/mol. The van der Waals surface area contributed by atoms with Crippen molar-refractivity contribution >= 4 is 22.9 Å². The molecule has 1 N–H and O–H groups in total. The Kier molecular flexibility index (Phi) is 4.05. The number of hydrogen-bond donors (Lipinski definition) is 1. The fourth-order valence-corrected chi connectivity index (χ4v) is 2.56. The summed E-state index contributed by atoms with van der Waals surface area (Å²) in [6, 6.07) is 2.02. The largest absolute Gasteiger partial charge is 0.302 e. The smallest absolute Gasteiger partial charge is 0.277 e. The molecule has 8 heteroatoms. The summed E-state index contributed by atoms with van der Waals surface area (Å²) in [4.78, 5) is 20.8. The van der Waals surface area contributed by atoms with E-state index in [0.29, 0.717) is 28.7 Å². The number of amides is 1. The Morgan fingerprint density at radius 2 is 1.96 bits per heavy atom. The first-order valence-electron chi connectivity index (χ1n) is 7.64. The van der Waals surface area contributed by atoms with Gasteiger partial charge in [-0.3, -0.25) is 9.48 Å². The van der Waals surface area contributed by atoms with Crippen LogP contribution in [0, 0.1) is 0 Å². The van der Waals surface area contributed by atoms with E-state index in [9.17, 15) is 4.79 Å². The third-order valence-corrected chi connectivity index (χ3v) is 3.85. The fraction of sp³-hybridized carbons (Fsp3) is 0.400. The number of anilines is 1. The molecule has 120 valence electrons. The Labute approximate surface area is 133 Å². The van der Waals surface area contributed by atoms with Crippen LogP contribution in [-0.2, 0) is 7.05 Å². The first-order chi connectivity index (χ1) is 11.1. The lowest BCUT2D eigenvalue weighted by molar-refractivity contribution is 0.102. The van der Waals surface area contributed by atoms with Crippen LogP contribution in [0.5, 0.6) is 0 Å². The van der Waals surface area contributed by atoms with Crippen LogP contribution >= 0.6 is 0 Å². The maximum atomic E-state index is 12.4. The Hall–Kier alpha value is -2.77. The Morgan fingerprint density at radius 3 is 2.70 bits per heavy atom. The third-order valence-electron chi connectivity index (χ3n) is 3.85. The van der Waals surface area contributed by atoms with Gasteiger partial charge >= 0.3 is 0 Å². The van der Waals surface area contributed by atoms with Gasteiger partial charge in [0.25, 0.3) is 5.91 Å². The lowest BCUT2D eigenvalue weighted by atomic mass is 10.2. The Morgan fingerprint density at radius 1 is 1.22 bits per heavy atom. The van der Waals surface area contributed by atoms with E-state index in [-0.39, 0.29) is 5.91 Å². The van der Waals surface area contributed by atoms with Crippen molar-refractivity contribution in [3.63, 3.8) is 0 Å². The summed E-state index contributed by atoms with van der Waals surface area (Å²) >= 11 is 0. The van der Waals surface area contributed by atoms with E-state index >= 15 is 0 Å². The summed E-state index contributed by atoms with van der Waals surface area (Å²) in [5.41, 5.74) is 1.53. The molecule has 0 saturated heterocycles. The van der Waals surface area contributed by atoms with Crippen molar-refractivity contribution < 1.29 is 4.79 Å². The van der Waals surface area contributed by atoms with E-state index in [4.69, 9.17) is 0 Å². The van der Waals surface area contributed by atoms with Gasteiger partial charge < -0.3 is 5.32 Å². The number of aromatic nitrogens is 6. The average Bonchev–Trinajstić information content (AvgIpc) is 3.16. The number of nitrogens with one attached hydrogen (secondary N) is 1. The number of fused-ring (bicyclic) bond motifs is 1. The predicted octanol–water partition coefficient (Wildman–Crippen LogP) is 2.17. The van der Waals surface area contributed by atoms with Gasteiger partial charge in [0.05, 0.1) is 6.04 Å². The van der Waals surface area contributed by atoms with Crippen molar-refractivity contribution in [3.8, 4) is 0 Å². The summed E-state index contributed by atoms with van der Waals surface area (Å²) in [5, 5.41) is 11.4.